The summed E-state index contributed by atoms with van der Waals surface area (Å²) in [6.45, 7) is 5.22. The number of rotatable bonds is 5. The monoisotopic (exact) mass is 411 g/mol. The Bertz CT molecular complexity index is 368. The number of hydrogen-bond acceptors (Lipinski definition) is 2. The van der Waals surface area contributed by atoms with E-state index in [0.717, 1.165) is 43.9 Å². The minimum Gasteiger partial charge on any atom is -0.357 e. The fourth-order valence-corrected chi connectivity index (χ4v) is 3.74. The Morgan fingerprint density at radius 3 is 2.80 bits per heavy atom. The van der Waals surface area contributed by atoms with E-state index in [4.69, 9.17) is 6.42 Å². The summed E-state index contributed by atoms with van der Waals surface area (Å²) in [6, 6.07) is 0.352. The van der Waals surface area contributed by atoms with Crippen LogP contribution < -0.4 is 10.6 Å². The fourth-order valence-electron chi connectivity index (χ4n) is 2.39. The highest BCUT2D eigenvalue weighted by Gasteiger charge is 2.25. The van der Waals surface area contributed by atoms with Crippen LogP contribution in [0.4, 0.5) is 0 Å². The Balaban J connectivity index is 0.00000361. The number of halogens is 1. The Morgan fingerprint density at radius 1 is 1.45 bits per heavy atom. The molecule has 3 unspecified atom stereocenters. The van der Waals surface area contributed by atoms with Crippen molar-refractivity contribution in [1.29, 1.82) is 0 Å². The van der Waals surface area contributed by atoms with E-state index in [2.05, 4.69) is 21.5 Å². The molecule has 116 valence electrons. The standard InChI is InChI=1S/C14H25N3OS.HI/c1-4-10-16-14(15-5-2)17-12-8-7-9-13(11-12)19(18)6-3;/h1,12-13H,5-11H2,2-3H3,(H2,15,16,17);1H. The number of terminal acetylenes is 1. The van der Waals surface area contributed by atoms with Crippen molar-refractivity contribution < 1.29 is 4.21 Å². The van der Waals surface area contributed by atoms with Crippen LogP contribution >= 0.6 is 24.0 Å². The first-order chi connectivity index (χ1) is 9.21. The first-order valence-electron chi connectivity index (χ1n) is 7.06. The molecule has 2 N–H and O–H groups in total. The van der Waals surface area contributed by atoms with Gasteiger partial charge in [-0.15, -0.1) is 30.4 Å². The van der Waals surface area contributed by atoms with Gasteiger partial charge in [-0.2, -0.15) is 0 Å². The van der Waals surface area contributed by atoms with Crippen molar-refractivity contribution in [3.05, 3.63) is 0 Å². The van der Waals surface area contributed by atoms with E-state index in [1.54, 1.807) is 0 Å². The van der Waals surface area contributed by atoms with Gasteiger partial charge in [-0.25, -0.2) is 4.99 Å². The van der Waals surface area contributed by atoms with Crippen molar-refractivity contribution in [2.24, 2.45) is 4.99 Å². The summed E-state index contributed by atoms with van der Waals surface area (Å²) in [4.78, 5) is 4.30. The molecule has 1 rings (SSSR count). The summed E-state index contributed by atoms with van der Waals surface area (Å²) in [7, 11) is -0.691. The van der Waals surface area contributed by atoms with Crippen LogP contribution in [0.3, 0.4) is 0 Å². The minimum atomic E-state index is -0.691. The fraction of sp³-hybridized carbons (Fsp3) is 0.786. The second-order valence-electron chi connectivity index (χ2n) is 4.70. The van der Waals surface area contributed by atoms with E-state index in [9.17, 15) is 4.21 Å². The number of hydrogen-bond donors (Lipinski definition) is 2. The predicted molar refractivity (Wildman–Crippen MR) is 98.1 cm³/mol. The van der Waals surface area contributed by atoms with Crippen LogP contribution in [0.5, 0.6) is 0 Å². The Morgan fingerprint density at radius 2 is 2.20 bits per heavy atom. The van der Waals surface area contributed by atoms with Gasteiger partial charge in [0, 0.05) is 34.4 Å². The van der Waals surface area contributed by atoms with E-state index < -0.39 is 10.8 Å². The summed E-state index contributed by atoms with van der Waals surface area (Å²) < 4.78 is 11.9. The second-order valence-corrected chi connectivity index (χ2v) is 6.70. The van der Waals surface area contributed by atoms with Gasteiger partial charge < -0.3 is 10.6 Å². The molecular formula is C14H26IN3OS. The third-order valence-corrected chi connectivity index (χ3v) is 5.04. The largest absolute Gasteiger partial charge is 0.357 e. The van der Waals surface area contributed by atoms with Crippen molar-refractivity contribution in [3.8, 4) is 12.3 Å². The van der Waals surface area contributed by atoms with Crippen LogP contribution in [-0.2, 0) is 10.8 Å². The molecule has 0 aromatic rings. The molecule has 0 saturated heterocycles. The highest BCUT2D eigenvalue weighted by molar-refractivity contribution is 14.0. The minimum absolute atomic E-state index is 0. The van der Waals surface area contributed by atoms with Crippen molar-refractivity contribution >= 4 is 40.7 Å². The van der Waals surface area contributed by atoms with Gasteiger partial charge in [-0.1, -0.05) is 19.3 Å². The highest BCUT2D eigenvalue weighted by atomic mass is 127. The molecular weight excluding hydrogens is 385 g/mol. The van der Waals surface area contributed by atoms with Gasteiger partial charge in [0.15, 0.2) is 5.96 Å². The molecule has 1 aliphatic rings. The first-order valence-corrected chi connectivity index (χ1v) is 8.44. The lowest BCUT2D eigenvalue weighted by Gasteiger charge is -2.30. The zero-order chi connectivity index (χ0) is 14.1. The highest BCUT2D eigenvalue weighted by Crippen LogP contribution is 2.22. The molecule has 1 saturated carbocycles. The van der Waals surface area contributed by atoms with Crippen molar-refractivity contribution in [3.63, 3.8) is 0 Å². The van der Waals surface area contributed by atoms with E-state index >= 15 is 0 Å². The molecule has 0 aromatic heterocycles. The van der Waals surface area contributed by atoms with Gasteiger partial charge in [-0.3, -0.25) is 4.21 Å². The van der Waals surface area contributed by atoms with Crippen LogP contribution in [0.15, 0.2) is 4.99 Å². The predicted octanol–water partition coefficient (Wildman–Crippen LogP) is 1.87. The maximum Gasteiger partial charge on any atom is 0.192 e. The van der Waals surface area contributed by atoms with Crippen molar-refractivity contribution in [2.75, 3.05) is 18.8 Å². The lowest BCUT2D eigenvalue weighted by Crippen LogP contribution is -2.46. The van der Waals surface area contributed by atoms with Crippen molar-refractivity contribution in [2.45, 2.75) is 50.8 Å². The smallest absolute Gasteiger partial charge is 0.192 e. The first kappa shape index (κ1) is 19.7. The summed E-state index contributed by atoms with van der Waals surface area (Å²) in [5, 5.41) is 6.93. The summed E-state index contributed by atoms with van der Waals surface area (Å²) >= 11 is 0. The Labute approximate surface area is 142 Å². The molecule has 0 aromatic carbocycles. The quantitative estimate of drug-likeness (QED) is 0.314. The lowest BCUT2D eigenvalue weighted by molar-refractivity contribution is 0.413. The number of aliphatic imine (C=N–C) groups is 1. The molecule has 0 amide bonds. The average molecular weight is 411 g/mol. The normalized spacial score (nSPS) is 24.1. The van der Waals surface area contributed by atoms with E-state index in [1.807, 2.05) is 13.8 Å². The molecule has 3 atom stereocenters. The van der Waals surface area contributed by atoms with Gasteiger partial charge >= 0.3 is 0 Å². The third kappa shape index (κ3) is 6.93. The Hall–Kier alpha value is -0.290. The van der Waals surface area contributed by atoms with E-state index in [0.29, 0.717) is 17.8 Å². The van der Waals surface area contributed by atoms with Crippen molar-refractivity contribution in [1.82, 2.24) is 10.6 Å². The van der Waals surface area contributed by atoms with Crippen LogP contribution in [0.2, 0.25) is 0 Å². The van der Waals surface area contributed by atoms with Crippen LogP contribution in [0.1, 0.15) is 39.5 Å². The van der Waals surface area contributed by atoms with Crippen LogP contribution in [0, 0.1) is 12.3 Å². The van der Waals surface area contributed by atoms with Crippen LogP contribution in [-0.4, -0.2) is 40.3 Å². The summed E-state index contributed by atoms with van der Waals surface area (Å²) in [6.07, 6.45) is 9.51. The van der Waals surface area contributed by atoms with E-state index in [1.165, 1.54) is 0 Å². The summed E-state index contributed by atoms with van der Waals surface area (Å²) in [5.41, 5.74) is 0. The molecule has 20 heavy (non-hydrogen) atoms. The maximum atomic E-state index is 11.9. The van der Waals surface area contributed by atoms with Gasteiger partial charge in [0.1, 0.15) is 6.54 Å². The third-order valence-electron chi connectivity index (χ3n) is 3.30. The molecule has 4 nitrogen and oxygen atoms in total. The molecule has 1 aliphatic carbocycles. The molecule has 0 heterocycles. The Kier molecular flexibility index (Phi) is 11.2. The van der Waals surface area contributed by atoms with Gasteiger partial charge in [-0.05, 0) is 26.2 Å². The second kappa shape index (κ2) is 11.4. The zero-order valence-electron chi connectivity index (χ0n) is 12.4. The molecule has 0 radical (unpaired) electrons. The zero-order valence-corrected chi connectivity index (χ0v) is 15.5. The van der Waals surface area contributed by atoms with E-state index in [-0.39, 0.29) is 24.0 Å². The number of guanidine groups is 1. The molecule has 0 spiro atoms. The van der Waals surface area contributed by atoms with Gasteiger partial charge in [0.25, 0.3) is 0 Å². The summed E-state index contributed by atoms with van der Waals surface area (Å²) in [5.74, 6) is 4.04. The maximum absolute atomic E-state index is 11.9. The molecule has 0 bridgehead atoms. The van der Waals surface area contributed by atoms with Crippen LogP contribution in [0.25, 0.3) is 0 Å². The molecule has 1 fully saturated rings. The van der Waals surface area contributed by atoms with Gasteiger partial charge in [0.05, 0.1) is 0 Å². The lowest BCUT2D eigenvalue weighted by atomic mass is 9.95. The molecule has 6 heteroatoms. The number of nitrogens with one attached hydrogen (secondary N) is 2. The SMILES string of the molecule is C#CCN=C(NCC)NC1CCCC(S(=O)CC)C1.I. The molecule has 0 aliphatic heterocycles. The average Bonchev–Trinajstić information content (AvgIpc) is 2.44. The van der Waals surface area contributed by atoms with Gasteiger partial charge in [0.2, 0.25) is 0 Å². The number of nitrogens with zero attached hydrogens (tertiary/aromatic N) is 1. The topological polar surface area (TPSA) is 53.5 Å².